The Kier molecular flexibility index (Phi) is 7.11. The molecule has 0 radical (unpaired) electrons. The molecule has 0 fully saturated rings. The van der Waals surface area contributed by atoms with Crippen molar-refractivity contribution < 1.29 is 17.6 Å². The number of thioether (sulfide) groups is 1. The van der Waals surface area contributed by atoms with Crippen LogP contribution in [0.2, 0.25) is 0 Å². The Hall–Kier alpha value is -2.85. The standard InChI is InChI=1S/C20H22N4O4S2/c1-3-10-24-18(14-30(26,27)17-8-6-15(2)7-9-17)22-23-20(24)29-13-19(25)21-12-16-5-4-11-28-16/h3-9,11H,1,10,12-14H2,2H3,(H,21,25). The number of furan rings is 1. The molecule has 0 spiro atoms. The zero-order valence-electron chi connectivity index (χ0n) is 16.4. The largest absolute Gasteiger partial charge is 0.467 e. The average molecular weight is 447 g/mol. The molecule has 1 amide bonds. The second-order valence-electron chi connectivity index (χ2n) is 6.51. The van der Waals surface area contributed by atoms with Gasteiger partial charge in [-0.2, -0.15) is 0 Å². The normalized spacial score (nSPS) is 11.4. The van der Waals surface area contributed by atoms with Crippen molar-refractivity contribution in [2.24, 2.45) is 0 Å². The minimum atomic E-state index is -3.58. The van der Waals surface area contributed by atoms with Crippen LogP contribution < -0.4 is 5.32 Å². The fourth-order valence-electron chi connectivity index (χ4n) is 2.62. The van der Waals surface area contributed by atoms with E-state index in [0.717, 1.165) is 5.56 Å². The number of sulfone groups is 1. The van der Waals surface area contributed by atoms with Gasteiger partial charge in [0.1, 0.15) is 17.3 Å². The molecule has 3 rings (SSSR count). The fraction of sp³-hybridized carbons (Fsp3) is 0.250. The van der Waals surface area contributed by atoms with Crippen LogP contribution in [-0.4, -0.2) is 34.8 Å². The Labute approximate surface area is 179 Å². The van der Waals surface area contributed by atoms with Gasteiger partial charge in [0.15, 0.2) is 15.0 Å². The Bertz CT molecular complexity index is 1100. The highest BCUT2D eigenvalue weighted by Crippen LogP contribution is 2.21. The fourth-order valence-corrected chi connectivity index (χ4v) is 4.69. The van der Waals surface area contributed by atoms with Crippen molar-refractivity contribution in [2.45, 2.75) is 35.8 Å². The van der Waals surface area contributed by atoms with Gasteiger partial charge in [-0.05, 0) is 31.2 Å². The van der Waals surface area contributed by atoms with Gasteiger partial charge in [0.2, 0.25) is 5.91 Å². The van der Waals surface area contributed by atoms with Crippen molar-refractivity contribution in [3.05, 3.63) is 72.5 Å². The Balaban J connectivity index is 1.67. The quantitative estimate of drug-likeness (QED) is 0.377. The molecule has 8 nitrogen and oxygen atoms in total. The molecule has 2 heterocycles. The molecule has 0 aliphatic heterocycles. The molecule has 0 atom stereocenters. The maximum atomic E-state index is 12.8. The number of aromatic nitrogens is 3. The van der Waals surface area contributed by atoms with Gasteiger partial charge in [-0.25, -0.2) is 8.42 Å². The lowest BCUT2D eigenvalue weighted by atomic mass is 10.2. The van der Waals surface area contributed by atoms with Crippen molar-refractivity contribution in [3.8, 4) is 0 Å². The summed E-state index contributed by atoms with van der Waals surface area (Å²) in [6, 6.07) is 10.2. The first-order chi connectivity index (χ1) is 14.4. The Morgan fingerprint density at radius 3 is 2.70 bits per heavy atom. The van der Waals surface area contributed by atoms with Crippen LogP contribution in [0.4, 0.5) is 0 Å². The molecule has 1 aromatic carbocycles. The molecular weight excluding hydrogens is 424 g/mol. The second-order valence-corrected chi connectivity index (χ2v) is 9.45. The molecule has 0 saturated heterocycles. The molecule has 0 saturated carbocycles. The van der Waals surface area contributed by atoms with E-state index in [1.807, 2.05) is 6.92 Å². The molecule has 30 heavy (non-hydrogen) atoms. The molecule has 0 aliphatic carbocycles. The van der Waals surface area contributed by atoms with E-state index in [4.69, 9.17) is 4.42 Å². The molecule has 2 aromatic heterocycles. The van der Waals surface area contributed by atoms with Crippen LogP contribution in [0.15, 0.2) is 69.8 Å². The van der Waals surface area contributed by atoms with Gasteiger partial charge in [0.05, 0.1) is 23.5 Å². The number of hydrogen-bond donors (Lipinski definition) is 1. The number of nitrogens with one attached hydrogen (secondary N) is 1. The van der Waals surface area contributed by atoms with Gasteiger partial charge in [-0.1, -0.05) is 35.5 Å². The van der Waals surface area contributed by atoms with E-state index in [9.17, 15) is 13.2 Å². The van der Waals surface area contributed by atoms with Gasteiger partial charge in [-0.15, -0.1) is 16.8 Å². The predicted molar refractivity (Wildman–Crippen MR) is 114 cm³/mol. The molecule has 1 N–H and O–H groups in total. The Morgan fingerprint density at radius 2 is 2.03 bits per heavy atom. The average Bonchev–Trinajstić information content (AvgIpc) is 3.36. The van der Waals surface area contributed by atoms with Gasteiger partial charge < -0.3 is 14.3 Å². The number of nitrogens with zero attached hydrogens (tertiary/aromatic N) is 3. The van der Waals surface area contributed by atoms with Crippen molar-refractivity contribution in [3.63, 3.8) is 0 Å². The summed E-state index contributed by atoms with van der Waals surface area (Å²) >= 11 is 1.18. The van der Waals surface area contributed by atoms with Crippen LogP contribution in [0.1, 0.15) is 17.1 Å². The van der Waals surface area contributed by atoms with Crippen molar-refractivity contribution in [1.82, 2.24) is 20.1 Å². The molecule has 10 heteroatoms. The van der Waals surface area contributed by atoms with Crippen LogP contribution in [0, 0.1) is 6.92 Å². The molecule has 3 aromatic rings. The summed E-state index contributed by atoms with van der Waals surface area (Å²) < 4.78 is 32.3. The molecular formula is C20H22N4O4S2. The highest BCUT2D eigenvalue weighted by atomic mass is 32.2. The summed E-state index contributed by atoms with van der Waals surface area (Å²) in [6.45, 7) is 6.24. The number of allylic oxidation sites excluding steroid dienone is 1. The number of carbonyl (C=O) groups excluding carboxylic acids is 1. The summed E-state index contributed by atoms with van der Waals surface area (Å²) in [6.07, 6.45) is 3.17. The lowest BCUT2D eigenvalue weighted by Gasteiger charge is -2.09. The summed E-state index contributed by atoms with van der Waals surface area (Å²) in [7, 11) is -3.58. The highest BCUT2D eigenvalue weighted by molar-refractivity contribution is 7.99. The lowest BCUT2D eigenvalue weighted by molar-refractivity contribution is -0.118. The maximum absolute atomic E-state index is 12.8. The second kappa shape index (κ2) is 9.77. The van der Waals surface area contributed by atoms with E-state index in [1.54, 1.807) is 53.3 Å². The third-order valence-electron chi connectivity index (χ3n) is 4.18. The summed E-state index contributed by atoms with van der Waals surface area (Å²) in [5.74, 6) is 0.585. The molecule has 158 valence electrons. The van der Waals surface area contributed by atoms with E-state index in [2.05, 4.69) is 22.1 Å². The van der Waals surface area contributed by atoms with Crippen molar-refractivity contribution in [1.29, 1.82) is 0 Å². The summed E-state index contributed by atoms with van der Waals surface area (Å²) in [5, 5.41) is 11.3. The maximum Gasteiger partial charge on any atom is 0.230 e. The molecule has 0 aliphatic rings. The first-order valence-corrected chi connectivity index (χ1v) is 11.8. The van der Waals surface area contributed by atoms with E-state index in [1.165, 1.54) is 11.8 Å². The monoisotopic (exact) mass is 446 g/mol. The van der Waals surface area contributed by atoms with Crippen LogP contribution in [-0.2, 0) is 33.5 Å². The molecule has 0 bridgehead atoms. The first kappa shape index (κ1) is 21.8. The van der Waals surface area contributed by atoms with Gasteiger partial charge in [0, 0.05) is 6.54 Å². The number of carbonyl (C=O) groups is 1. The third kappa shape index (κ3) is 5.61. The number of rotatable bonds is 10. The lowest BCUT2D eigenvalue weighted by Crippen LogP contribution is -2.24. The highest BCUT2D eigenvalue weighted by Gasteiger charge is 2.21. The van der Waals surface area contributed by atoms with E-state index < -0.39 is 9.84 Å². The summed E-state index contributed by atoms with van der Waals surface area (Å²) in [5.41, 5.74) is 0.979. The zero-order valence-corrected chi connectivity index (χ0v) is 18.1. The third-order valence-corrected chi connectivity index (χ3v) is 6.77. The number of aryl methyl sites for hydroxylation is 1. The van der Waals surface area contributed by atoms with E-state index in [-0.39, 0.29) is 22.3 Å². The van der Waals surface area contributed by atoms with Gasteiger partial charge in [0.25, 0.3) is 0 Å². The predicted octanol–water partition coefficient (Wildman–Crippen LogP) is 2.75. The minimum absolute atomic E-state index is 0.112. The van der Waals surface area contributed by atoms with Crippen molar-refractivity contribution >= 4 is 27.5 Å². The van der Waals surface area contributed by atoms with Crippen LogP contribution >= 0.6 is 11.8 Å². The number of hydrogen-bond acceptors (Lipinski definition) is 7. The number of amides is 1. The molecule has 0 unspecified atom stereocenters. The van der Waals surface area contributed by atoms with Crippen LogP contribution in [0.5, 0.6) is 0 Å². The SMILES string of the molecule is C=CCn1c(CS(=O)(=O)c2ccc(C)cc2)nnc1SCC(=O)NCc1ccco1. The van der Waals surface area contributed by atoms with E-state index >= 15 is 0 Å². The summed E-state index contributed by atoms with van der Waals surface area (Å²) in [4.78, 5) is 12.3. The van der Waals surface area contributed by atoms with Crippen molar-refractivity contribution in [2.75, 3.05) is 5.75 Å². The van der Waals surface area contributed by atoms with E-state index in [0.29, 0.717) is 29.8 Å². The minimum Gasteiger partial charge on any atom is -0.467 e. The van der Waals surface area contributed by atoms with Crippen LogP contribution in [0.25, 0.3) is 0 Å². The Morgan fingerprint density at radius 1 is 1.27 bits per heavy atom. The topological polar surface area (TPSA) is 107 Å². The smallest absolute Gasteiger partial charge is 0.230 e. The van der Waals surface area contributed by atoms with Crippen LogP contribution in [0.3, 0.4) is 0 Å². The number of benzene rings is 1. The van der Waals surface area contributed by atoms with Gasteiger partial charge in [-0.3, -0.25) is 4.79 Å². The van der Waals surface area contributed by atoms with Gasteiger partial charge >= 0.3 is 0 Å². The first-order valence-electron chi connectivity index (χ1n) is 9.13. The zero-order chi connectivity index (χ0) is 21.6.